The van der Waals surface area contributed by atoms with E-state index in [4.69, 9.17) is 0 Å². The van der Waals surface area contributed by atoms with Gasteiger partial charge in [-0.25, -0.2) is 4.39 Å². The van der Waals surface area contributed by atoms with E-state index >= 15 is 0 Å². The number of hydrogen-bond donors (Lipinski definition) is 1. The molecular formula is C14H20FN3O2. The largest absolute Gasteiger partial charge is 0.369 e. The lowest BCUT2D eigenvalue weighted by atomic mass is 9.93. The lowest BCUT2D eigenvalue weighted by Gasteiger charge is -2.33. The number of rotatable bonds is 5. The molecule has 0 bridgehead atoms. The highest BCUT2D eigenvalue weighted by Crippen LogP contribution is 2.29. The molecule has 1 aromatic rings. The topological polar surface area (TPSA) is 58.4 Å². The van der Waals surface area contributed by atoms with Gasteiger partial charge in [-0.15, -0.1) is 0 Å². The monoisotopic (exact) mass is 281 g/mol. The average Bonchev–Trinajstić information content (AvgIpc) is 2.45. The summed E-state index contributed by atoms with van der Waals surface area (Å²) >= 11 is 0. The van der Waals surface area contributed by atoms with Crippen molar-refractivity contribution in [3.63, 3.8) is 0 Å². The van der Waals surface area contributed by atoms with Crippen LogP contribution in [-0.4, -0.2) is 31.6 Å². The molecular weight excluding hydrogens is 261 g/mol. The molecule has 5 nitrogen and oxygen atoms in total. The second kappa shape index (κ2) is 6.65. The molecule has 0 spiro atoms. The minimum Gasteiger partial charge on any atom is -0.369 e. The van der Waals surface area contributed by atoms with E-state index in [0.717, 1.165) is 45.0 Å². The van der Waals surface area contributed by atoms with Crippen LogP contribution in [0.5, 0.6) is 0 Å². The predicted molar refractivity (Wildman–Crippen MR) is 76.5 cm³/mol. The summed E-state index contributed by atoms with van der Waals surface area (Å²) < 4.78 is 13.9. The van der Waals surface area contributed by atoms with E-state index in [1.165, 1.54) is 12.1 Å². The zero-order valence-electron chi connectivity index (χ0n) is 11.6. The molecule has 0 radical (unpaired) electrons. The van der Waals surface area contributed by atoms with Crippen LogP contribution in [0.25, 0.3) is 0 Å². The van der Waals surface area contributed by atoms with E-state index in [2.05, 4.69) is 5.32 Å². The summed E-state index contributed by atoms with van der Waals surface area (Å²) in [5.41, 5.74) is 0.276. The molecule has 0 atom stereocenters. The van der Waals surface area contributed by atoms with Crippen molar-refractivity contribution in [3.05, 3.63) is 34.1 Å². The van der Waals surface area contributed by atoms with E-state index in [0.29, 0.717) is 11.6 Å². The molecule has 0 amide bonds. The van der Waals surface area contributed by atoms with Gasteiger partial charge in [-0.05, 0) is 44.8 Å². The van der Waals surface area contributed by atoms with Gasteiger partial charge in [0.05, 0.1) is 16.7 Å². The van der Waals surface area contributed by atoms with E-state index in [9.17, 15) is 14.5 Å². The van der Waals surface area contributed by atoms with Gasteiger partial charge in [0, 0.05) is 19.2 Å². The Balaban J connectivity index is 1.98. The number of nitro groups is 1. The van der Waals surface area contributed by atoms with E-state index in [1.807, 2.05) is 11.9 Å². The van der Waals surface area contributed by atoms with E-state index < -0.39 is 10.7 Å². The fourth-order valence-corrected chi connectivity index (χ4v) is 2.68. The first kappa shape index (κ1) is 14.7. The van der Waals surface area contributed by atoms with E-state index in [1.54, 1.807) is 0 Å². The molecule has 1 aliphatic rings. The van der Waals surface area contributed by atoms with Crippen molar-refractivity contribution in [2.24, 2.45) is 5.92 Å². The number of benzene rings is 1. The summed E-state index contributed by atoms with van der Waals surface area (Å²) in [5.74, 6) is 0.174. The minimum atomic E-state index is -0.573. The number of piperidine rings is 1. The van der Waals surface area contributed by atoms with Gasteiger partial charge < -0.3 is 10.2 Å². The zero-order chi connectivity index (χ0) is 14.5. The smallest absolute Gasteiger partial charge is 0.272 e. The number of anilines is 1. The molecule has 6 heteroatoms. The molecule has 0 unspecified atom stereocenters. The lowest BCUT2D eigenvalue weighted by Crippen LogP contribution is -2.35. The van der Waals surface area contributed by atoms with Gasteiger partial charge in [0.1, 0.15) is 0 Å². The van der Waals surface area contributed by atoms with Crippen molar-refractivity contribution >= 4 is 11.4 Å². The maximum absolute atomic E-state index is 13.9. The number of nitrogens with zero attached hydrogens (tertiary/aromatic N) is 2. The zero-order valence-corrected chi connectivity index (χ0v) is 11.6. The summed E-state index contributed by atoms with van der Waals surface area (Å²) in [4.78, 5) is 12.0. The van der Waals surface area contributed by atoms with Gasteiger partial charge in [0.15, 0.2) is 5.82 Å². The van der Waals surface area contributed by atoms with Crippen LogP contribution in [0.1, 0.15) is 19.3 Å². The third-order valence-electron chi connectivity index (χ3n) is 3.90. The third-order valence-corrected chi connectivity index (χ3v) is 3.90. The van der Waals surface area contributed by atoms with Crippen molar-refractivity contribution in [3.8, 4) is 0 Å². The predicted octanol–water partition coefficient (Wildman–Crippen LogP) is 2.56. The summed E-state index contributed by atoms with van der Waals surface area (Å²) in [6, 6.07) is 3.88. The number of halogens is 1. The lowest BCUT2D eigenvalue weighted by molar-refractivity contribution is -0.385. The highest BCUT2D eigenvalue weighted by molar-refractivity contribution is 5.52. The SMILES string of the molecule is CNCCC1CCN(c2ccc([N+](=O)[O-])cc2F)CC1. The molecule has 0 saturated carbocycles. The number of non-ortho nitro benzene ring substituents is 1. The second-order valence-corrected chi connectivity index (χ2v) is 5.22. The highest BCUT2D eigenvalue weighted by atomic mass is 19.1. The molecule has 1 aliphatic heterocycles. The van der Waals surface area contributed by atoms with Crippen molar-refractivity contribution in [1.82, 2.24) is 5.32 Å². The molecule has 20 heavy (non-hydrogen) atoms. The number of nitro benzene ring substituents is 1. The van der Waals surface area contributed by atoms with Crippen LogP contribution in [0, 0.1) is 21.8 Å². The second-order valence-electron chi connectivity index (χ2n) is 5.22. The van der Waals surface area contributed by atoms with Crippen LogP contribution >= 0.6 is 0 Å². The van der Waals surface area contributed by atoms with Crippen LogP contribution in [0.4, 0.5) is 15.8 Å². The third kappa shape index (κ3) is 3.45. The van der Waals surface area contributed by atoms with Gasteiger partial charge in [-0.1, -0.05) is 0 Å². The van der Waals surface area contributed by atoms with Gasteiger partial charge in [-0.2, -0.15) is 0 Å². The molecule has 1 aromatic carbocycles. The Morgan fingerprint density at radius 3 is 2.70 bits per heavy atom. The Hall–Kier alpha value is -1.69. The normalized spacial score (nSPS) is 16.4. The van der Waals surface area contributed by atoms with Gasteiger partial charge in [-0.3, -0.25) is 10.1 Å². The van der Waals surface area contributed by atoms with Crippen molar-refractivity contribution < 1.29 is 9.31 Å². The highest BCUT2D eigenvalue weighted by Gasteiger charge is 2.22. The van der Waals surface area contributed by atoms with Crippen molar-refractivity contribution in [2.75, 3.05) is 31.6 Å². The Morgan fingerprint density at radius 1 is 1.45 bits per heavy atom. The van der Waals surface area contributed by atoms with Crippen LogP contribution < -0.4 is 10.2 Å². The van der Waals surface area contributed by atoms with Crippen molar-refractivity contribution in [2.45, 2.75) is 19.3 Å². The molecule has 1 fully saturated rings. The first-order chi connectivity index (χ1) is 9.61. The fraction of sp³-hybridized carbons (Fsp3) is 0.571. The van der Waals surface area contributed by atoms with Crippen LogP contribution in [-0.2, 0) is 0 Å². The van der Waals surface area contributed by atoms with Gasteiger partial charge in [0.2, 0.25) is 0 Å². The maximum atomic E-state index is 13.9. The average molecular weight is 281 g/mol. The minimum absolute atomic E-state index is 0.199. The Kier molecular flexibility index (Phi) is 4.89. The maximum Gasteiger partial charge on any atom is 0.272 e. The molecule has 2 rings (SSSR count). The van der Waals surface area contributed by atoms with Crippen LogP contribution in [0.2, 0.25) is 0 Å². The first-order valence-corrected chi connectivity index (χ1v) is 6.95. The number of nitrogens with one attached hydrogen (secondary N) is 1. The quantitative estimate of drug-likeness (QED) is 0.665. The first-order valence-electron chi connectivity index (χ1n) is 6.95. The molecule has 1 saturated heterocycles. The summed E-state index contributed by atoms with van der Waals surface area (Å²) in [6.07, 6.45) is 3.23. The molecule has 0 aliphatic carbocycles. The van der Waals surface area contributed by atoms with Gasteiger partial charge in [0.25, 0.3) is 5.69 Å². The molecule has 1 heterocycles. The van der Waals surface area contributed by atoms with Crippen LogP contribution in [0.3, 0.4) is 0 Å². The molecule has 1 N–H and O–H groups in total. The Labute approximate surface area is 117 Å². The molecule has 0 aromatic heterocycles. The number of hydrogen-bond acceptors (Lipinski definition) is 4. The van der Waals surface area contributed by atoms with Gasteiger partial charge >= 0.3 is 0 Å². The summed E-state index contributed by atoms with van der Waals surface area (Å²) in [7, 11) is 1.95. The standard InChI is InChI=1S/C14H20FN3O2/c1-16-7-4-11-5-8-17(9-6-11)14-3-2-12(18(19)20)10-13(14)15/h2-3,10-11,16H,4-9H2,1H3. The summed E-state index contributed by atoms with van der Waals surface area (Å²) in [5, 5.41) is 13.7. The fourth-order valence-electron chi connectivity index (χ4n) is 2.68. The van der Waals surface area contributed by atoms with Crippen LogP contribution in [0.15, 0.2) is 18.2 Å². The van der Waals surface area contributed by atoms with E-state index in [-0.39, 0.29) is 5.69 Å². The molecule has 110 valence electrons. The van der Waals surface area contributed by atoms with Crippen molar-refractivity contribution in [1.29, 1.82) is 0 Å². The Morgan fingerprint density at radius 2 is 2.15 bits per heavy atom. The Bertz CT molecular complexity index is 473. The summed E-state index contributed by atoms with van der Waals surface area (Å²) in [6.45, 7) is 2.63.